The van der Waals surface area contributed by atoms with Crippen LogP contribution < -0.4 is 10.9 Å². The molecular formula is C22H30N4O2. The zero-order valence-corrected chi connectivity index (χ0v) is 17.0. The molecule has 0 radical (unpaired) electrons. The molecule has 1 aromatic heterocycles. The van der Waals surface area contributed by atoms with Crippen molar-refractivity contribution in [1.29, 1.82) is 0 Å². The number of para-hydroxylation sites is 1. The molecule has 6 heteroatoms. The molecule has 0 spiro atoms. The third-order valence-electron chi connectivity index (χ3n) is 5.57. The quantitative estimate of drug-likeness (QED) is 0.751. The fraction of sp³-hybridized carbons (Fsp3) is 0.455. The van der Waals surface area contributed by atoms with E-state index in [9.17, 15) is 9.59 Å². The van der Waals surface area contributed by atoms with Gasteiger partial charge in [0, 0.05) is 55.4 Å². The molecule has 0 aliphatic carbocycles. The summed E-state index contributed by atoms with van der Waals surface area (Å²) in [7, 11) is 0. The van der Waals surface area contributed by atoms with Gasteiger partial charge in [0.25, 0.3) is 5.56 Å². The average Bonchev–Trinajstić information content (AvgIpc) is 2.70. The zero-order valence-electron chi connectivity index (χ0n) is 17.0. The van der Waals surface area contributed by atoms with Crippen LogP contribution in [0.4, 0.5) is 0 Å². The summed E-state index contributed by atoms with van der Waals surface area (Å²) < 4.78 is 0. The molecule has 1 aromatic carbocycles. The Kier molecular flexibility index (Phi) is 6.31. The molecule has 0 bridgehead atoms. The Labute approximate surface area is 166 Å². The van der Waals surface area contributed by atoms with Crippen molar-refractivity contribution in [1.82, 2.24) is 20.1 Å². The van der Waals surface area contributed by atoms with Gasteiger partial charge in [-0.25, -0.2) is 0 Å². The first-order valence-electron chi connectivity index (χ1n) is 9.94. The number of hydrogen-bond donors (Lipinski definition) is 2. The van der Waals surface area contributed by atoms with E-state index in [1.165, 1.54) is 6.08 Å². The number of benzene rings is 1. The number of likely N-dealkylation sites (N-methyl/N-ethyl adjacent to an activating group) is 1. The molecule has 1 aliphatic heterocycles. The number of carbonyl (C=O) groups is 1. The van der Waals surface area contributed by atoms with Gasteiger partial charge in [0.05, 0.1) is 0 Å². The van der Waals surface area contributed by atoms with E-state index in [2.05, 4.69) is 40.9 Å². The molecule has 6 nitrogen and oxygen atoms in total. The van der Waals surface area contributed by atoms with E-state index in [1.807, 2.05) is 24.3 Å². The number of pyridine rings is 1. The van der Waals surface area contributed by atoms with Gasteiger partial charge in [-0.2, -0.15) is 0 Å². The molecular weight excluding hydrogens is 352 g/mol. The summed E-state index contributed by atoms with van der Waals surface area (Å²) >= 11 is 0. The van der Waals surface area contributed by atoms with Gasteiger partial charge < -0.3 is 15.2 Å². The van der Waals surface area contributed by atoms with E-state index in [-0.39, 0.29) is 17.0 Å². The molecule has 1 fully saturated rings. The Morgan fingerprint density at radius 1 is 1.21 bits per heavy atom. The monoisotopic (exact) mass is 382 g/mol. The third-order valence-corrected chi connectivity index (χ3v) is 5.57. The van der Waals surface area contributed by atoms with Gasteiger partial charge in [-0.1, -0.05) is 25.1 Å². The van der Waals surface area contributed by atoms with Crippen molar-refractivity contribution in [3.63, 3.8) is 0 Å². The first kappa shape index (κ1) is 20.3. The van der Waals surface area contributed by atoms with Gasteiger partial charge in [-0.05, 0) is 44.0 Å². The Hall–Kier alpha value is -2.44. The average molecular weight is 383 g/mol. The van der Waals surface area contributed by atoms with E-state index in [1.54, 1.807) is 12.1 Å². The largest absolute Gasteiger partial charge is 0.351 e. The normalized spacial score (nSPS) is 16.7. The third kappa shape index (κ3) is 4.88. The molecule has 150 valence electrons. The predicted octanol–water partition coefficient (Wildman–Crippen LogP) is 2.07. The Bertz CT molecular complexity index is 908. The second kappa shape index (κ2) is 8.71. The van der Waals surface area contributed by atoms with E-state index >= 15 is 0 Å². The molecule has 2 N–H and O–H groups in total. The fourth-order valence-electron chi connectivity index (χ4n) is 3.60. The lowest BCUT2D eigenvalue weighted by Gasteiger charge is -2.44. The molecule has 1 saturated heterocycles. The van der Waals surface area contributed by atoms with E-state index in [0.717, 1.165) is 43.6 Å². The van der Waals surface area contributed by atoms with Gasteiger partial charge in [0.2, 0.25) is 5.91 Å². The molecule has 2 aromatic rings. The maximum atomic E-state index is 12.3. The minimum Gasteiger partial charge on any atom is -0.351 e. The highest BCUT2D eigenvalue weighted by atomic mass is 16.1. The van der Waals surface area contributed by atoms with E-state index in [4.69, 9.17) is 0 Å². The van der Waals surface area contributed by atoms with Gasteiger partial charge >= 0.3 is 0 Å². The highest BCUT2D eigenvalue weighted by Gasteiger charge is 2.29. The Morgan fingerprint density at radius 2 is 1.93 bits per heavy atom. The fourth-order valence-corrected chi connectivity index (χ4v) is 3.60. The summed E-state index contributed by atoms with van der Waals surface area (Å²) in [6.45, 7) is 12.3. The van der Waals surface area contributed by atoms with Gasteiger partial charge in [-0.15, -0.1) is 0 Å². The summed E-state index contributed by atoms with van der Waals surface area (Å²) in [6.07, 6.45) is 3.01. The van der Waals surface area contributed by atoms with Crippen LogP contribution in [0.1, 0.15) is 26.3 Å². The number of rotatable bonds is 6. The van der Waals surface area contributed by atoms with Crippen LogP contribution in [0.5, 0.6) is 0 Å². The predicted molar refractivity (Wildman–Crippen MR) is 114 cm³/mol. The minimum absolute atomic E-state index is 0.107. The lowest BCUT2D eigenvalue weighted by Crippen LogP contribution is -2.58. The standard InChI is InChI=1S/C22H30N4O2/c1-4-25-11-13-26(14-12-25)22(2,3)16-23-20(27)10-9-18-15-17-7-5-6-8-19(17)24-21(18)28/h5-10,15H,4,11-14,16H2,1-3H3,(H,23,27)(H,24,28)/b10-9+. The van der Waals surface area contributed by atoms with Crippen molar-refractivity contribution >= 4 is 22.9 Å². The van der Waals surface area contributed by atoms with E-state index in [0.29, 0.717) is 12.1 Å². The van der Waals surface area contributed by atoms with Crippen LogP contribution in [-0.4, -0.2) is 65.5 Å². The highest BCUT2D eigenvalue weighted by molar-refractivity contribution is 5.92. The second-order valence-electron chi connectivity index (χ2n) is 7.93. The maximum absolute atomic E-state index is 12.3. The number of amides is 1. The number of carbonyl (C=O) groups excluding carboxylic acids is 1. The minimum atomic E-state index is -0.197. The number of nitrogens with one attached hydrogen (secondary N) is 2. The molecule has 0 atom stereocenters. The van der Waals surface area contributed by atoms with Crippen LogP contribution in [0.15, 0.2) is 41.2 Å². The zero-order chi connectivity index (χ0) is 20.1. The maximum Gasteiger partial charge on any atom is 0.255 e. The van der Waals surface area contributed by atoms with Crippen LogP contribution in [0.2, 0.25) is 0 Å². The smallest absolute Gasteiger partial charge is 0.255 e. The molecule has 0 unspecified atom stereocenters. The Balaban J connectivity index is 1.58. The summed E-state index contributed by atoms with van der Waals surface area (Å²) in [5, 5.41) is 3.92. The highest BCUT2D eigenvalue weighted by Crippen LogP contribution is 2.16. The van der Waals surface area contributed by atoms with Crippen LogP contribution in [0.3, 0.4) is 0 Å². The molecule has 1 amide bonds. The molecule has 1 aliphatic rings. The van der Waals surface area contributed by atoms with Crippen LogP contribution in [0.25, 0.3) is 17.0 Å². The lowest BCUT2D eigenvalue weighted by molar-refractivity contribution is -0.117. The number of H-pyrrole nitrogens is 1. The van der Waals surface area contributed by atoms with Crippen LogP contribution in [0, 0.1) is 0 Å². The molecule has 2 heterocycles. The topological polar surface area (TPSA) is 68.4 Å². The number of aromatic amines is 1. The Morgan fingerprint density at radius 3 is 2.64 bits per heavy atom. The van der Waals surface area contributed by atoms with Crippen LogP contribution in [-0.2, 0) is 4.79 Å². The first-order chi connectivity index (χ1) is 13.4. The number of hydrogen-bond acceptors (Lipinski definition) is 4. The van der Waals surface area contributed by atoms with Crippen molar-refractivity contribution in [2.45, 2.75) is 26.3 Å². The number of aromatic nitrogens is 1. The molecule has 3 rings (SSSR count). The van der Waals surface area contributed by atoms with Gasteiger partial charge in [0.15, 0.2) is 0 Å². The summed E-state index contributed by atoms with van der Waals surface area (Å²) in [4.78, 5) is 32.2. The number of nitrogens with zero attached hydrogens (tertiary/aromatic N) is 2. The lowest BCUT2D eigenvalue weighted by atomic mass is 10.0. The summed E-state index contributed by atoms with van der Waals surface area (Å²) in [5.41, 5.74) is 0.962. The second-order valence-corrected chi connectivity index (χ2v) is 7.93. The van der Waals surface area contributed by atoms with Crippen molar-refractivity contribution in [2.24, 2.45) is 0 Å². The van der Waals surface area contributed by atoms with Crippen molar-refractivity contribution in [3.8, 4) is 0 Å². The van der Waals surface area contributed by atoms with Gasteiger partial charge in [0.1, 0.15) is 0 Å². The summed E-state index contributed by atoms with van der Waals surface area (Å²) in [5.74, 6) is -0.187. The first-order valence-corrected chi connectivity index (χ1v) is 9.94. The number of fused-ring (bicyclic) bond motifs is 1. The summed E-state index contributed by atoms with van der Waals surface area (Å²) in [6, 6.07) is 9.40. The SMILES string of the molecule is CCN1CCN(C(C)(C)CNC(=O)/C=C/c2cc3ccccc3[nH]c2=O)CC1. The van der Waals surface area contributed by atoms with Crippen molar-refractivity contribution < 1.29 is 4.79 Å². The van der Waals surface area contributed by atoms with Crippen LogP contribution >= 0.6 is 0 Å². The molecule has 28 heavy (non-hydrogen) atoms. The van der Waals surface area contributed by atoms with Gasteiger partial charge in [-0.3, -0.25) is 14.5 Å². The van der Waals surface area contributed by atoms with Crippen molar-refractivity contribution in [3.05, 3.63) is 52.3 Å². The molecule has 0 saturated carbocycles. The van der Waals surface area contributed by atoms with Crippen molar-refractivity contribution in [2.75, 3.05) is 39.3 Å². The van der Waals surface area contributed by atoms with E-state index < -0.39 is 0 Å². The number of piperazine rings is 1.